The van der Waals surface area contributed by atoms with Crippen LogP contribution in [-0.4, -0.2) is 56.7 Å². The second-order valence-electron chi connectivity index (χ2n) is 7.60. The van der Waals surface area contributed by atoms with E-state index in [4.69, 9.17) is 9.97 Å². The SMILES string of the molecule is CNc1nc([C@H]2CCCN2C(=O)c2sc(C)nc2C)nc2c1CCN(C(C)=O)C2. The molecule has 4 rings (SSSR count). The van der Waals surface area contributed by atoms with Crippen LogP contribution in [0.2, 0.25) is 0 Å². The lowest BCUT2D eigenvalue weighted by atomic mass is 10.0. The number of hydrogen-bond donors (Lipinski definition) is 1. The first kappa shape index (κ1) is 19.8. The predicted octanol–water partition coefficient (Wildman–Crippen LogP) is 2.47. The maximum atomic E-state index is 13.2. The third-order valence-electron chi connectivity index (χ3n) is 5.67. The van der Waals surface area contributed by atoms with Crippen molar-refractivity contribution < 1.29 is 9.59 Å². The Labute approximate surface area is 174 Å². The van der Waals surface area contributed by atoms with Crippen molar-refractivity contribution in [3.05, 3.63) is 32.7 Å². The number of rotatable bonds is 3. The van der Waals surface area contributed by atoms with Crippen LogP contribution in [0.1, 0.15) is 63.3 Å². The molecule has 1 atom stereocenters. The van der Waals surface area contributed by atoms with Crippen LogP contribution in [0, 0.1) is 13.8 Å². The molecule has 8 nitrogen and oxygen atoms in total. The number of nitrogens with one attached hydrogen (secondary N) is 1. The fourth-order valence-corrected chi connectivity index (χ4v) is 5.09. The molecule has 4 heterocycles. The van der Waals surface area contributed by atoms with Crippen LogP contribution in [0.4, 0.5) is 5.82 Å². The standard InChI is InChI=1S/C20H26N6O2S/c1-11-17(29-12(2)22-11)20(28)26-8-5-6-16(26)19-23-15-10-25(13(3)27)9-7-14(15)18(21-4)24-19/h16H,5-10H2,1-4H3,(H,21,23,24)/t16-/m1/s1. The Kier molecular flexibility index (Phi) is 5.24. The number of thiazole rings is 1. The molecule has 2 aliphatic rings. The Hall–Kier alpha value is -2.55. The number of carbonyl (C=O) groups is 2. The number of fused-ring (bicyclic) bond motifs is 1. The summed E-state index contributed by atoms with van der Waals surface area (Å²) in [6, 6.07) is -0.158. The molecule has 0 aromatic carbocycles. The molecule has 154 valence electrons. The summed E-state index contributed by atoms with van der Waals surface area (Å²) in [5, 5.41) is 4.08. The molecule has 9 heteroatoms. The van der Waals surface area contributed by atoms with E-state index < -0.39 is 0 Å². The van der Waals surface area contributed by atoms with Crippen molar-refractivity contribution in [1.29, 1.82) is 0 Å². The van der Waals surface area contributed by atoms with Gasteiger partial charge >= 0.3 is 0 Å². The number of likely N-dealkylation sites (tertiary alicyclic amines) is 1. The van der Waals surface area contributed by atoms with Gasteiger partial charge < -0.3 is 15.1 Å². The van der Waals surface area contributed by atoms with Crippen LogP contribution >= 0.6 is 11.3 Å². The molecule has 2 amide bonds. The summed E-state index contributed by atoms with van der Waals surface area (Å²) in [4.78, 5) is 43.5. The first-order valence-electron chi connectivity index (χ1n) is 9.97. The van der Waals surface area contributed by atoms with E-state index in [0.717, 1.165) is 47.0 Å². The zero-order valence-corrected chi connectivity index (χ0v) is 18.1. The van der Waals surface area contributed by atoms with Crippen molar-refractivity contribution in [2.45, 2.75) is 52.6 Å². The van der Waals surface area contributed by atoms with Crippen molar-refractivity contribution in [3.63, 3.8) is 0 Å². The molecule has 2 aromatic heterocycles. The van der Waals surface area contributed by atoms with E-state index in [-0.39, 0.29) is 17.9 Å². The number of amides is 2. The van der Waals surface area contributed by atoms with E-state index in [0.29, 0.717) is 30.3 Å². The van der Waals surface area contributed by atoms with E-state index >= 15 is 0 Å². The van der Waals surface area contributed by atoms with Gasteiger partial charge in [0.1, 0.15) is 10.7 Å². The van der Waals surface area contributed by atoms with Gasteiger partial charge in [-0.3, -0.25) is 9.59 Å². The van der Waals surface area contributed by atoms with Gasteiger partial charge in [0.2, 0.25) is 5.91 Å². The molecule has 0 radical (unpaired) electrons. The minimum atomic E-state index is -0.158. The van der Waals surface area contributed by atoms with Gasteiger partial charge in [-0.25, -0.2) is 15.0 Å². The summed E-state index contributed by atoms with van der Waals surface area (Å²) in [6.45, 7) is 7.24. The second kappa shape index (κ2) is 7.70. The predicted molar refractivity (Wildman–Crippen MR) is 111 cm³/mol. The van der Waals surface area contributed by atoms with Gasteiger partial charge in [0, 0.05) is 32.6 Å². The van der Waals surface area contributed by atoms with E-state index in [1.54, 1.807) is 11.8 Å². The van der Waals surface area contributed by atoms with Crippen LogP contribution in [0.15, 0.2) is 0 Å². The van der Waals surface area contributed by atoms with Crippen molar-refractivity contribution in [2.75, 3.05) is 25.5 Å². The summed E-state index contributed by atoms with van der Waals surface area (Å²) in [6.07, 6.45) is 2.49. The number of hydrogen-bond acceptors (Lipinski definition) is 7. The summed E-state index contributed by atoms with van der Waals surface area (Å²) < 4.78 is 0. The lowest BCUT2D eigenvalue weighted by molar-refractivity contribution is -0.129. The van der Waals surface area contributed by atoms with Crippen molar-refractivity contribution in [3.8, 4) is 0 Å². The van der Waals surface area contributed by atoms with Crippen LogP contribution < -0.4 is 5.32 Å². The Morgan fingerprint density at radius 1 is 1.17 bits per heavy atom. The molecule has 1 fully saturated rings. The van der Waals surface area contributed by atoms with E-state index in [2.05, 4.69) is 10.3 Å². The number of anilines is 1. The van der Waals surface area contributed by atoms with Gasteiger partial charge in [0.05, 0.1) is 29.0 Å². The summed E-state index contributed by atoms with van der Waals surface area (Å²) >= 11 is 1.44. The molecule has 1 N–H and O–H groups in total. The highest BCUT2D eigenvalue weighted by Crippen LogP contribution is 2.35. The molecule has 2 aromatic rings. The number of carbonyl (C=O) groups excluding carboxylic acids is 2. The highest BCUT2D eigenvalue weighted by Gasteiger charge is 2.35. The zero-order chi connectivity index (χ0) is 20.7. The third-order valence-corrected chi connectivity index (χ3v) is 6.73. The van der Waals surface area contributed by atoms with Crippen LogP contribution in [0.25, 0.3) is 0 Å². The maximum Gasteiger partial charge on any atom is 0.266 e. The monoisotopic (exact) mass is 414 g/mol. The molecule has 0 unspecified atom stereocenters. The molecule has 0 saturated carbocycles. The lowest BCUT2D eigenvalue weighted by Gasteiger charge is -2.30. The van der Waals surface area contributed by atoms with E-state index in [1.165, 1.54) is 11.3 Å². The number of aryl methyl sites for hydroxylation is 2. The maximum absolute atomic E-state index is 13.2. The minimum Gasteiger partial charge on any atom is -0.373 e. The summed E-state index contributed by atoms with van der Waals surface area (Å²) in [7, 11) is 1.85. The molecule has 29 heavy (non-hydrogen) atoms. The fourth-order valence-electron chi connectivity index (χ4n) is 4.21. The lowest BCUT2D eigenvalue weighted by Crippen LogP contribution is -2.36. The normalized spacial score (nSPS) is 18.7. The highest BCUT2D eigenvalue weighted by atomic mass is 32.1. The van der Waals surface area contributed by atoms with Gasteiger partial charge in [-0.15, -0.1) is 11.3 Å². The molecular weight excluding hydrogens is 388 g/mol. The first-order valence-corrected chi connectivity index (χ1v) is 10.8. The number of nitrogens with zero attached hydrogens (tertiary/aromatic N) is 5. The molecule has 0 bridgehead atoms. The molecule has 1 saturated heterocycles. The third kappa shape index (κ3) is 3.59. The van der Waals surface area contributed by atoms with E-state index in [1.807, 2.05) is 25.8 Å². The minimum absolute atomic E-state index is 0.00768. The van der Waals surface area contributed by atoms with Gasteiger partial charge in [-0.2, -0.15) is 0 Å². The van der Waals surface area contributed by atoms with Gasteiger partial charge in [-0.05, 0) is 33.1 Å². The van der Waals surface area contributed by atoms with Crippen molar-refractivity contribution in [2.24, 2.45) is 0 Å². The van der Waals surface area contributed by atoms with Gasteiger partial charge in [-0.1, -0.05) is 0 Å². The largest absolute Gasteiger partial charge is 0.373 e. The summed E-state index contributed by atoms with van der Waals surface area (Å²) in [5.74, 6) is 1.52. The Morgan fingerprint density at radius 2 is 1.97 bits per heavy atom. The van der Waals surface area contributed by atoms with Crippen LogP contribution in [0.5, 0.6) is 0 Å². The fraction of sp³-hybridized carbons (Fsp3) is 0.550. The Bertz CT molecular complexity index is 972. The first-order chi connectivity index (χ1) is 13.9. The molecular formula is C20H26N6O2S. The topological polar surface area (TPSA) is 91.3 Å². The van der Waals surface area contributed by atoms with Crippen LogP contribution in [0.3, 0.4) is 0 Å². The Balaban J connectivity index is 1.68. The van der Waals surface area contributed by atoms with Gasteiger partial charge in [0.25, 0.3) is 5.91 Å². The number of aromatic nitrogens is 3. The quantitative estimate of drug-likeness (QED) is 0.830. The van der Waals surface area contributed by atoms with E-state index in [9.17, 15) is 9.59 Å². The average molecular weight is 415 g/mol. The van der Waals surface area contributed by atoms with Crippen LogP contribution in [-0.2, 0) is 17.8 Å². The smallest absolute Gasteiger partial charge is 0.266 e. The zero-order valence-electron chi connectivity index (χ0n) is 17.3. The highest BCUT2D eigenvalue weighted by molar-refractivity contribution is 7.13. The van der Waals surface area contributed by atoms with Crippen molar-refractivity contribution in [1.82, 2.24) is 24.8 Å². The Morgan fingerprint density at radius 3 is 2.62 bits per heavy atom. The summed E-state index contributed by atoms with van der Waals surface area (Å²) in [5.41, 5.74) is 2.73. The molecule has 0 aliphatic carbocycles. The average Bonchev–Trinajstić information content (AvgIpc) is 3.32. The second-order valence-corrected chi connectivity index (χ2v) is 8.80. The molecule has 0 spiro atoms. The van der Waals surface area contributed by atoms with Gasteiger partial charge in [0.15, 0.2) is 5.82 Å². The van der Waals surface area contributed by atoms with Crippen molar-refractivity contribution >= 4 is 29.0 Å². The molecule has 2 aliphatic heterocycles.